The number of aryl methyl sites for hydroxylation is 1. The summed E-state index contributed by atoms with van der Waals surface area (Å²) in [6, 6.07) is 10.1. The molecule has 3 N–H and O–H groups in total. The molecule has 0 spiro atoms. The first-order valence-electron chi connectivity index (χ1n) is 7.01. The van der Waals surface area contributed by atoms with E-state index in [0.717, 1.165) is 40.8 Å². The average Bonchev–Trinajstić information content (AvgIpc) is 2.50. The maximum absolute atomic E-state index is 6.02. The quantitative estimate of drug-likeness (QED) is 0.719. The van der Waals surface area contributed by atoms with E-state index in [0.29, 0.717) is 0 Å². The summed E-state index contributed by atoms with van der Waals surface area (Å²) in [6.07, 6.45) is 6.47. The monoisotopic (exact) mass is 278 g/mol. The molecule has 4 nitrogen and oxygen atoms in total. The molecule has 0 atom stereocenters. The normalized spacial score (nSPS) is 10.7. The summed E-state index contributed by atoms with van der Waals surface area (Å²) in [5.74, 6) is 0. The molecule has 0 aliphatic heterocycles. The van der Waals surface area contributed by atoms with Crippen LogP contribution in [-0.4, -0.2) is 16.5 Å². The molecule has 21 heavy (non-hydrogen) atoms. The van der Waals surface area contributed by atoms with Crippen LogP contribution in [0.3, 0.4) is 0 Å². The Balaban J connectivity index is 1.81. The molecule has 1 aromatic carbocycles. The van der Waals surface area contributed by atoms with Crippen molar-refractivity contribution in [2.75, 3.05) is 17.6 Å². The minimum absolute atomic E-state index is 0.760. The van der Waals surface area contributed by atoms with Gasteiger partial charge in [-0.05, 0) is 43.2 Å². The number of hydrogen-bond acceptors (Lipinski definition) is 4. The molecule has 106 valence electrons. The van der Waals surface area contributed by atoms with Crippen molar-refractivity contribution in [2.24, 2.45) is 0 Å². The minimum Gasteiger partial charge on any atom is -0.398 e. The maximum Gasteiger partial charge on any atom is 0.0422 e. The Bertz CT molecular complexity index is 753. The van der Waals surface area contributed by atoms with Crippen LogP contribution in [-0.2, 0) is 6.42 Å². The minimum atomic E-state index is 0.760. The summed E-state index contributed by atoms with van der Waals surface area (Å²) in [6.45, 7) is 2.84. The van der Waals surface area contributed by atoms with Crippen molar-refractivity contribution >= 4 is 22.1 Å². The Morgan fingerprint density at radius 2 is 2.05 bits per heavy atom. The molecule has 0 unspecified atom stereocenters. The van der Waals surface area contributed by atoms with Crippen LogP contribution in [0.25, 0.3) is 10.8 Å². The summed E-state index contributed by atoms with van der Waals surface area (Å²) < 4.78 is 0. The second kappa shape index (κ2) is 5.79. The number of nitrogens with zero attached hydrogens (tertiary/aromatic N) is 2. The third kappa shape index (κ3) is 2.94. The highest BCUT2D eigenvalue weighted by atomic mass is 14.9. The lowest BCUT2D eigenvalue weighted by Crippen LogP contribution is -2.06. The van der Waals surface area contributed by atoms with Crippen molar-refractivity contribution in [3.63, 3.8) is 0 Å². The standard InChI is InChI=1S/C17H18N4/c1-12-9-14-15(11-21-12)16(18)4-5-17(14)20-8-6-13-3-2-7-19-10-13/h2-5,7,9-11,20H,6,8,18H2,1H3. The molecule has 0 aliphatic rings. The average molecular weight is 278 g/mol. The van der Waals surface area contributed by atoms with Crippen LogP contribution in [0, 0.1) is 6.92 Å². The highest BCUT2D eigenvalue weighted by Crippen LogP contribution is 2.28. The number of anilines is 2. The second-order valence-electron chi connectivity index (χ2n) is 5.11. The number of fused-ring (bicyclic) bond motifs is 1. The number of rotatable bonds is 4. The zero-order valence-electron chi connectivity index (χ0n) is 12.0. The fourth-order valence-corrected chi connectivity index (χ4v) is 2.41. The lowest BCUT2D eigenvalue weighted by Gasteiger charge is -2.11. The Morgan fingerprint density at radius 3 is 2.86 bits per heavy atom. The van der Waals surface area contributed by atoms with Gasteiger partial charge < -0.3 is 11.1 Å². The summed E-state index contributed by atoms with van der Waals surface area (Å²) in [4.78, 5) is 8.45. The van der Waals surface area contributed by atoms with Gasteiger partial charge in [0.2, 0.25) is 0 Å². The molecule has 3 aromatic rings. The number of hydrogen-bond donors (Lipinski definition) is 2. The molecule has 0 saturated heterocycles. The first-order chi connectivity index (χ1) is 10.2. The van der Waals surface area contributed by atoms with Crippen molar-refractivity contribution in [1.82, 2.24) is 9.97 Å². The molecule has 0 amide bonds. The molecular formula is C17H18N4. The van der Waals surface area contributed by atoms with Crippen molar-refractivity contribution in [1.29, 1.82) is 0 Å². The zero-order chi connectivity index (χ0) is 14.7. The molecular weight excluding hydrogens is 260 g/mol. The van der Waals surface area contributed by atoms with Crippen molar-refractivity contribution < 1.29 is 0 Å². The van der Waals surface area contributed by atoms with E-state index in [2.05, 4.69) is 27.4 Å². The summed E-state index contributed by atoms with van der Waals surface area (Å²) in [7, 11) is 0. The molecule has 4 heteroatoms. The van der Waals surface area contributed by atoms with Crippen LogP contribution in [0.1, 0.15) is 11.3 Å². The van der Waals surface area contributed by atoms with E-state index in [1.165, 1.54) is 5.56 Å². The van der Waals surface area contributed by atoms with Crippen molar-refractivity contribution in [2.45, 2.75) is 13.3 Å². The zero-order valence-corrected chi connectivity index (χ0v) is 12.0. The van der Waals surface area contributed by atoms with Crippen molar-refractivity contribution in [3.8, 4) is 0 Å². The Labute approximate surface area is 124 Å². The van der Waals surface area contributed by atoms with Crippen LogP contribution in [0.5, 0.6) is 0 Å². The summed E-state index contributed by atoms with van der Waals surface area (Å²) in [5, 5.41) is 5.59. The Hall–Kier alpha value is -2.62. The van der Waals surface area contributed by atoms with Gasteiger partial charge in [0.1, 0.15) is 0 Å². The van der Waals surface area contributed by atoms with E-state index < -0.39 is 0 Å². The molecule has 0 fully saturated rings. The van der Waals surface area contributed by atoms with Gasteiger partial charge >= 0.3 is 0 Å². The fourth-order valence-electron chi connectivity index (χ4n) is 2.41. The van der Waals surface area contributed by atoms with Crippen LogP contribution in [0.15, 0.2) is 48.9 Å². The molecule has 2 heterocycles. The van der Waals surface area contributed by atoms with Gasteiger partial charge in [-0.2, -0.15) is 0 Å². The maximum atomic E-state index is 6.02. The molecule has 0 radical (unpaired) electrons. The topological polar surface area (TPSA) is 63.8 Å². The number of nitrogen functional groups attached to an aromatic ring is 1. The van der Waals surface area contributed by atoms with Gasteiger partial charge in [0.05, 0.1) is 0 Å². The first-order valence-corrected chi connectivity index (χ1v) is 7.01. The molecule has 0 aliphatic carbocycles. The van der Waals surface area contributed by atoms with Gasteiger partial charge in [0.25, 0.3) is 0 Å². The molecule has 0 bridgehead atoms. The predicted octanol–water partition coefficient (Wildman–Crippen LogP) is 3.18. The number of pyridine rings is 2. The first kappa shape index (κ1) is 13.4. The van der Waals surface area contributed by atoms with E-state index in [1.54, 1.807) is 6.20 Å². The van der Waals surface area contributed by atoms with Gasteiger partial charge in [-0.25, -0.2) is 0 Å². The van der Waals surface area contributed by atoms with Gasteiger partial charge in [-0.15, -0.1) is 0 Å². The van der Waals surface area contributed by atoms with Crippen LogP contribution < -0.4 is 11.1 Å². The Kier molecular flexibility index (Phi) is 3.69. The lowest BCUT2D eigenvalue weighted by atomic mass is 10.1. The largest absolute Gasteiger partial charge is 0.398 e. The SMILES string of the molecule is Cc1cc2c(NCCc3cccnc3)ccc(N)c2cn1. The highest BCUT2D eigenvalue weighted by molar-refractivity contribution is 6.00. The predicted molar refractivity (Wildman–Crippen MR) is 87.3 cm³/mol. The lowest BCUT2D eigenvalue weighted by molar-refractivity contribution is 1.01. The van der Waals surface area contributed by atoms with Gasteiger partial charge in [0, 0.05) is 53.0 Å². The van der Waals surface area contributed by atoms with Gasteiger partial charge in [0.15, 0.2) is 0 Å². The number of nitrogens with one attached hydrogen (secondary N) is 1. The van der Waals surface area contributed by atoms with E-state index in [4.69, 9.17) is 5.73 Å². The highest BCUT2D eigenvalue weighted by Gasteiger charge is 2.05. The molecule has 0 saturated carbocycles. The third-order valence-corrected chi connectivity index (χ3v) is 3.52. The van der Waals surface area contributed by atoms with Crippen LogP contribution in [0.2, 0.25) is 0 Å². The molecule has 2 aromatic heterocycles. The van der Waals surface area contributed by atoms with E-state index >= 15 is 0 Å². The van der Waals surface area contributed by atoms with E-state index in [-0.39, 0.29) is 0 Å². The van der Waals surface area contributed by atoms with Crippen molar-refractivity contribution in [3.05, 3.63) is 60.2 Å². The van der Waals surface area contributed by atoms with Crippen LogP contribution >= 0.6 is 0 Å². The fraction of sp³-hybridized carbons (Fsp3) is 0.176. The smallest absolute Gasteiger partial charge is 0.0422 e. The third-order valence-electron chi connectivity index (χ3n) is 3.52. The molecule has 3 rings (SSSR count). The Morgan fingerprint density at radius 1 is 1.14 bits per heavy atom. The number of aromatic nitrogens is 2. The summed E-state index contributed by atoms with van der Waals surface area (Å²) >= 11 is 0. The van der Waals surface area contributed by atoms with E-state index in [1.807, 2.05) is 37.5 Å². The van der Waals surface area contributed by atoms with Gasteiger partial charge in [-0.3, -0.25) is 9.97 Å². The van der Waals surface area contributed by atoms with Crippen LogP contribution in [0.4, 0.5) is 11.4 Å². The summed E-state index contributed by atoms with van der Waals surface area (Å²) in [5.41, 5.74) is 10.1. The second-order valence-corrected chi connectivity index (χ2v) is 5.11. The number of benzene rings is 1. The van der Waals surface area contributed by atoms with E-state index in [9.17, 15) is 0 Å². The number of nitrogens with two attached hydrogens (primary N) is 1. The van der Waals surface area contributed by atoms with Gasteiger partial charge in [-0.1, -0.05) is 6.07 Å².